The lowest BCUT2D eigenvalue weighted by Gasteiger charge is -2.30. The number of nitrogens with zero attached hydrogens (tertiary/aromatic N) is 3. The first-order valence-corrected chi connectivity index (χ1v) is 27.8. The fourth-order valence-corrected chi connectivity index (χ4v) is 9.79. The predicted octanol–water partition coefficient (Wildman–Crippen LogP) is -3.97. The molecule has 86 heavy (non-hydrogen) atoms. The molecule has 2 aliphatic rings. The number of aliphatic hydroxyl groups excluding tert-OH is 1. The van der Waals surface area contributed by atoms with Crippen molar-refractivity contribution in [1.82, 2.24) is 67.7 Å². The Morgan fingerprint density at radius 3 is 2.02 bits per heavy atom. The van der Waals surface area contributed by atoms with Crippen molar-refractivity contribution in [3.05, 3.63) is 84.1 Å². The number of carbonyl (C=O) groups is 11. The lowest BCUT2D eigenvalue weighted by Crippen LogP contribution is -2.60. The van der Waals surface area contributed by atoms with Crippen LogP contribution in [0.15, 0.2) is 72.2 Å². The van der Waals surface area contributed by atoms with Crippen molar-refractivity contribution in [3.8, 4) is 5.75 Å². The number of imidazole rings is 1. The summed E-state index contributed by atoms with van der Waals surface area (Å²) in [5, 5.41) is 44.5. The first-order valence-electron chi connectivity index (χ1n) is 27.8. The number of benzene rings is 2. The summed E-state index contributed by atoms with van der Waals surface area (Å²) >= 11 is 0. The zero-order valence-electron chi connectivity index (χ0n) is 47.5. The average molecular weight is 1220 g/mol. The summed E-state index contributed by atoms with van der Waals surface area (Å²) in [6.07, 6.45) is 5.24. The van der Waals surface area contributed by atoms with Gasteiger partial charge in [-0.05, 0) is 73.8 Å². The number of guanidine groups is 1. The Kier molecular flexibility index (Phi) is 25.6. The SMILES string of the molecule is CC(C)CC(NC(=O)CNC(=O)[C@H](Cc1ccc(O)cc1)NC(=O)[C@@H](CO)NC(=O)[C@@H](Cc1c[nH]c2ccccc12)NC(=O)C(Cc1cnc[nH]1)NC(=O)[C@H]1CCC(=O)N1)C(=O)N[C@H](CCCN=C(N)N)C(=O)N1CCC[C@@H]1C(=O)NCC(N)=O.Cl. The molecule has 2 saturated heterocycles. The Hall–Kier alpha value is -9.32. The highest BCUT2D eigenvalue weighted by Crippen LogP contribution is 2.22. The van der Waals surface area contributed by atoms with E-state index in [4.69, 9.17) is 17.2 Å². The van der Waals surface area contributed by atoms with E-state index in [1.807, 2.05) is 0 Å². The number of phenols is 1. The fourth-order valence-electron chi connectivity index (χ4n) is 9.79. The third-order valence-corrected chi connectivity index (χ3v) is 14.1. The molecule has 31 heteroatoms. The van der Waals surface area contributed by atoms with Crippen LogP contribution in [0.2, 0.25) is 0 Å². The van der Waals surface area contributed by atoms with Crippen molar-refractivity contribution in [2.24, 2.45) is 28.1 Å². The zero-order valence-corrected chi connectivity index (χ0v) is 48.3. The molecule has 4 heterocycles. The van der Waals surface area contributed by atoms with Crippen LogP contribution < -0.4 is 65.1 Å². The van der Waals surface area contributed by atoms with E-state index >= 15 is 0 Å². The van der Waals surface area contributed by atoms with Crippen molar-refractivity contribution in [3.63, 3.8) is 0 Å². The van der Waals surface area contributed by atoms with Crippen LogP contribution in [0.5, 0.6) is 5.75 Å². The number of aliphatic imine (C=N–C) groups is 1. The molecule has 0 bridgehead atoms. The van der Waals surface area contributed by atoms with Crippen LogP contribution >= 0.6 is 12.4 Å². The van der Waals surface area contributed by atoms with Crippen LogP contribution in [0.4, 0.5) is 0 Å². The van der Waals surface area contributed by atoms with Crippen molar-refractivity contribution in [1.29, 1.82) is 0 Å². The summed E-state index contributed by atoms with van der Waals surface area (Å²) in [4.78, 5) is 164. The number of halogens is 1. The summed E-state index contributed by atoms with van der Waals surface area (Å²) in [5.74, 6) is -8.86. The Bertz CT molecular complexity index is 3060. The summed E-state index contributed by atoms with van der Waals surface area (Å²) in [5.41, 5.74) is 18.3. The van der Waals surface area contributed by atoms with Gasteiger partial charge in [0.15, 0.2) is 5.96 Å². The minimum atomic E-state index is -1.76. The number of aromatic nitrogens is 3. The Morgan fingerprint density at radius 1 is 0.733 bits per heavy atom. The van der Waals surface area contributed by atoms with Gasteiger partial charge in [-0.2, -0.15) is 0 Å². The molecule has 4 aromatic rings. The lowest BCUT2D eigenvalue weighted by molar-refractivity contribution is -0.142. The second-order valence-electron chi connectivity index (χ2n) is 21.2. The van der Waals surface area contributed by atoms with E-state index < -0.39 is 127 Å². The highest BCUT2D eigenvalue weighted by molar-refractivity contribution is 5.99. The highest BCUT2D eigenvalue weighted by atomic mass is 35.5. The van der Waals surface area contributed by atoms with Crippen molar-refractivity contribution in [2.75, 3.05) is 32.8 Å². The summed E-state index contributed by atoms with van der Waals surface area (Å²) < 4.78 is 0. The minimum Gasteiger partial charge on any atom is -0.508 e. The molecule has 2 aromatic heterocycles. The molecule has 8 atom stereocenters. The molecule has 0 spiro atoms. The van der Waals surface area contributed by atoms with Crippen molar-refractivity contribution in [2.45, 2.75) is 126 Å². The fraction of sp³-hybridized carbons (Fsp3) is 0.473. The van der Waals surface area contributed by atoms with Crippen molar-refractivity contribution < 1.29 is 63.0 Å². The Morgan fingerprint density at radius 2 is 1.38 bits per heavy atom. The molecule has 0 aliphatic carbocycles. The van der Waals surface area contributed by atoms with Gasteiger partial charge in [0.2, 0.25) is 65.0 Å². The van der Waals surface area contributed by atoms with Gasteiger partial charge < -0.3 is 90.1 Å². The number of primary amides is 1. The van der Waals surface area contributed by atoms with E-state index in [9.17, 15) is 63.0 Å². The minimum absolute atomic E-state index is 0. The molecule has 0 radical (unpaired) electrons. The van der Waals surface area contributed by atoms with E-state index in [-0.39, 0.29) is 107 Å². The molecular weight excluding hydrogens is 1140 g/mol. The molecule has 19 N–H and O–H groups in total. The van der Waals surface area contributed by atoms with Crippen LogP contribution in [-0.4, -0.2) is 182 Å². The molecule has 2 aromatic carbocycles. The van der Waals surface area contributed by atoms with Gasteiger partial charge in [-0.3, -0.25) is 57.7 Å². The number of likely N-dealkylation sites (tertiary alicyclic amines) is 1. The second kappa shape index (κ2) is 32.7. The number of hydrogen-bond acceptors (Lipinski definition) is 15. The average Bonchev–Trinajstić information content (AvgIpc) is 3.65. The first-order chi connectivity index (χ1) is 40.6. The van der Waals surface area contributed by atoms with Crippen molar-refractivity contribution >= 4 is 94.2 Å². The summed E-state index contributed by atoms with van der Waals surface area (Å²) in [6.45, 7) is 1.62. The maximum atomic E-state index is 14.4. The van der Waals surface area contributed by atoms with Gasteiger partial charge in [0.25, 0.3) is 0 Å². The number of H-pyrrole nitrogens is 2. The van der Waals surface area contributed by atoms with E-state index in [0.29, 0.717) is 34.1 Å². The lowest BCUT2D eigenvalue weighted by atomic mass is 10.0. The van der Waals surface area contributed by atoms with Gasteiger partial charge in [0, 0.05) is 67.8 Å². The number of nitrogens with one attached hydrogen (secondary N) is 11. The van der Waals surface area contributed by atoms with Gasteiger partial charge in [0.1, 0.15) is 54.1 Å². The number of hydrogen-bond donors (Lipinski definition) is 16. The van der Waals surface area contributed by atoms with Gasteiger partial charge >= 0.3 is 0 Å². The topological polar surface area (TPSA) is 475 Å². The molecule has 6 rings (SSSR count). The van der Waals surface area contributed by atoms with Gasteiger partial charge in [-0.1, -0.05) is 44.2 Å². The molecule has 30 nitrogen and oxygen atoms in total. The number of aromatic hydroxyl groups is 1. The van der Waals surface area contributed by atoms with E-state index in [1.165, 1.54) is 41.7 Å². The second-order valence-corrected chi connectivity index (χ2v) is 21.2. The molecular formula is C55H76ClN17O13. The quantitative estimate of drug-likeness (QED) is 0.0130. The van der Waals surface area contributed by atoms with Crippen LogP contribution in [0.25, 0.3) is 10.9 Å². The standard InChI is InChI=1S/C55H75N17O13.ClH/c1-29(2)19-38(49(80)67-37(9-5-17-60-55(57)58)54(85)72-18-6-10-43(72)53(84)62-25-44(56)75)66-46(77)26-63-47(78)39(20-30-11-13-33(74)14-12-30)68-52(83)42(27-73)71-50(81)40(21-31-23-61-35-8-4-3-7-34(31)35)69-51(82)41(22-32-24-59-28-64-32)70-48(79)36-15-16-45(76)65-36;/h3-4,7-8,11-14,23-24,28-29,36-43,61,73-74H,5-6,9-10,15-22,25-27H2,1-2H3,(H2,56,75)(H,59,64)(H,62,84)(H,63,78)(H,65,76)(H,66,77)(H,67,80)(H,68,83)(H,69,82)(H,70,79)(H,71,81)(H4,57,58,60);1H/t36-,37-,38?,39+,40-,41?,42-,43-;/m1./s1. The van der Waals surface area contributed by atoms with Crippen LogP contribution in [-0.2, 0) is 72.0 Å². The van der Waals surface area contributed by atoms with E-state index in [0.717, 1.165) is 0 Å². The Labute approximate surface area is 500 Å². The first kappa shape index (κ1) is 67.5. The molecule has 466 valence electrons. The largest absolute Gasteiger partial charge is 0.508 e. The molecule has 11 amide bonds. The maximum Gasteiger partial charge on any atom is 0.245 e. The molecule has 2 fully saturated rings. The number of aromatic amines is 2. The number of para-hydroxylation sites is 1. The highest BCUT2D eigenvalue weighted by Gasteiger charge is 2.39. The van der Waals surface area contributed by atoms with Gasteiger partial charge in [-0.15, -0.1) is 12.4 Å². The summed E-state index contributed by atoms with van der Waals surface area (Å²) in [6, 6.07) is 2.37. The monoisotopic (exact) mass is 1220 g/mol. The third kappa shape index (κ3) is 20.2. The number of rotatable bonds is 31. The predicted molar refractivity (Wildman–Crippen MR) is 313 cm³/mol. The van der Waals surface area contributed by atoms with Gasteiger partial charge in [0.05, 0.1) is 26.0 Å². The third-order valence-electron chi connectivity index (χ3n) is 14.1. The van der Waals surface area contributed by atoms with Crippen LogP contribution in [0.3, 0.4) is 0 Å². The zero-order chi connectivity index (χ0) is 61.7. The maximum absolute atomic E-state index is 14.4. The number of carbonyl (C=O) groups excluding carboxylic acids is 11. The summed E-state index contributed by atoms with van der Waals surface area (Å²) in [7, 11) is 0. The normalized spacial score (nSPS) is 16.6. The number of nitrogens with two attached hydrogens (primary N) is 3. The van der Waals surface area contributed by atoms with Crippen LogP contribution in [0, 0.1) is 5.92 Å². The van der Waals surface area contributed by atoms with Gasteiger partial charge in [-0.25, -0.2) is 4.98 Å². The Balaban J connectivity index is 0.0000135. The molecule has 2 aliphatic heterocycles. The number of aliphatic hydroxyl groups is 1. The van der Waals surface area contributed by atoms with E-state index in [2.05, 4.69) is 67.8 Å². The molecule has 2 unspecified atom stereocenters. The molecule has 0 saturated carbocycles. The number of phenolic OH excluding ortho intramolecular Hbond substituents is 1. The van der Waals surface area contributed by atoms with E-state index in [1.54, 1.807) is 44.3 Å². The number of amides is 11. The van der Waals surface area contributed by atoms with Crippen LogP contribution in [0.1, 0.15) is 75.6 Å². The smallest absolute Gasteiger partial charge is 0.245 e. The number of fused-ring (bicyclic) bond motifs is 1.